The van der Waals surface area contributed by atoms with Crippen molar-refractivity contribution in [3.63, 3.8) is 0 Å². The number of fused-ring (bicyclic) bond motifs is 11. The van der Waals surface area contributed by atoms with Crippen molar-refractivity contribution in [3.8, 4) is 44.5 Å². The van der Waals surface area contributed by atoms with E-state index >= 15 is 0 Å². The van der Waals surface area contributed by atoms with Gasteiger partial charge in [-0.1, -0.05) is 190 Å². The molecule has 2 heteroatoms. The highest BCUT2D eigenvalue weighted by molar-refractivity contribution is 6.31. The van der Waals surface area contributed by atoms with E-state index in [0.29, 0.717) is 0 Å². The summed E-state index contributed by atoms with van der Waals surface area (Å²) in [5.41, 5.74) is 17.1. The Hall–Kier alpha value is -7.68. The van der Waals surface area contributed by atoms with Crippen LogP contribution in [-0.2, 0) is 5.41 Å². The van der Waals surface area contributed by atoms with Gasteiger partial charge >= 0.3 is 0 Å². The fourth-order valence-electron chi connectivity index (χ4n) is 10.1. The first kappa shape index (κ1) is 35.3. The zero-order valence-electron chi connectivity index (χ0n) is 34.1. The molecule has 1 heterocycles. The molecule has 61 heavy (non-hydrogen) atoms. The summed E-state index contributed by atoms with van der Waals surface area (Å²) in [4.78, 5) is 2.44. The Morgan fingerprint density at radius 1 is 0.361 bits per heavy atom. The molecule has 0 amide bonds. The average molecular weight is 780 g/mol. The van der Waals surface area contributed by atoms with Gasteiger partial charge in [0.1, 0.15) is 11.2 Å². The fraction of sp³-hybridized carbons (Fsp3) is 0.0508. The molecule has 0 bridgehead atoms. The van der Waals surface area contributed by atoms with Crippen LogP contribution >= 0.6 is 0 Å². The maximum absolute atomic E-state index is 7.26. The molecule has 0 saturated carbocycles. The molecule has 0 atom stereocenters. The van der Waals surface area contributed by atoms with Crippen molar-refractivity contribution in [2.24, 2.45) is 0 Å². The van der Waals surface area contributed by atoms with Gasteiger partial charge in [-0.15, -0.1) is 0 Å². The highest BCUT2D eigenvalue weighted by Crippen LogP contribution is 2.53. The number of rotatable bonds is 6. The van der Waals surface area contributed by atoms with Crippen molar-refractivity contribution in [1.82, 2.24) is 0 Å². The predicted octanol–water partition coefficient (Wildman–Crippen LogP) is 16.7. The maximum Gasteiger partial charge on any atom is 0.145 e. The summed E-state index contributed by atoms with van der Waals surface area (Å²) < 4.78 is 7.26. The molecule has 0 spiro atoms. The molecular weight excluding hydrogens is 739 g/mol. The minimum Gasteiger partial charge on any atom is -0.455 e. The standard InChI is InChI=1S/C59H41NO/c1-59(2)52-24-14-13-21-47(52)48-34-33-44(37-53(48)59)60(43-31-29-41(30-32-43)40-27-25-39(26-28-40)38-15-5-3-6-16-38)54-36-35-51-56-49-22-11-9-19-45(49)46-20-10-12-23-50(46)57(56)61-58(51)55(54)42-17-7-4-8-18-42/h3-37H,1-2H3. The molecule has 0 aliphatic heterocycles. The van der Waals surface area contributed by atoms with Crippen molar-refractivity contribution in [2.45, 2.75) is 19.3 Å². The summed E-state index contributed by atoms with van der Waals surface area (Å²) in [6.07, 6.45) is 0. The van der Waals surface area contributed by atoms with Crippen LogP contribution in [0.1, 0.15) is 25.0 Å². The summed E-state index contributed by atoms with van der Waals surface area (Å²) in [6, 6.07) is 77.2. The fourth-order valence-corrected chi connectivity index (χ4v) is 10.1. The Kier molecular flexibility index (Phi) is 7.92. The van der Waals surface area contributed by atoms with Crippen LogP contribution in [0.2, 0.25) is 0 Å². The SMILES string of the molecule is CC1(C)c2ccccc2-c2ccc(N(c3ccc(-c4ccc(-c5ccccc5)cc4)cc3)c3ccc4c(oc5c6ccccc6c6ccccc6c45)c3-c3ccccc3)cc21. The molecule has 11 aromatic rings. The Morgan fingerprint density at radius 2 is 0.869 bits per heavy atom. The van der Waals surface area contributed by atoms with Gasteiger partial charge in [-0.25, -0.2) is 0 Å². The van der Waals surface area contributed by atoms with Crippen LogP contribution in [0.4, 0.5) is 17.1 Å². The highest BCUT2D eigenvalue weighted by Gasteiger charge is 2.36. The summed E-state index contributed by atoms with van der Waals surface area (Å²) in [6.45, 7) is 4.71. The van der Waals surface area contributed by atoms with Gasteiger partial charge in [0.25, 0.3) is 0 Å². The average Bonchev–Trinajstić information content (AvgIpc) is 3.83. The third-order valence-corrected chi connectivity index (χ3v) is 13.1. The van der Waals surface area contributed by atoms with Gasteiger partial charge < -0.3 is 9.32 Å². The van der Waals surface area contributed by atoms with Crippen LogP contribution in [-0.4, -0.2) is 0 Å². The molecule has 1 aliphatic rings. The van der Waals surface area contributed by atoms with Crippen molar-refractivity contribution < 1.29 is 4.42 Å². The zero-order chi connectivity index (χ0) is 40.7. The molecule has 0 radical (unpaired) electrons. The van der Waals surface area contributed by atoms with Crippen molar-refractivity contribution in [2.75, 3.05) is 4.90 Å². The Labute approximate surface area is 355 Å². The van der Waals surface area contributed by atoms with Gasteiger partial charge in [0.05, 0.1) is 5.69 Å². The lowest BCUT2D eigenvalue weighted by molar-refractivity contribution is 0.660. The quantitative estimate of drug-likeness (QED) is 0.156. The summed E-state index contributed by atoms with van der Waals surface area (Å²) in [5.74, 6) is 0. The third kappa shape index (κ3) is 5.49. The van der Waals surface area contributed by atoms with Crippen molar-refractivity contribution >= 4 is 60.5 Å². The molecule has 288 valence electrons. The molecule has 12 rings (SSSR count). The van der Waals surface area contributed by atoms with E-state index in [9.17, 15) is 0 Å². The lowest BCUT2D eigenvalue weighted by Gasteiger charge is -2.30. The number of hydrogen-bond acceptors (Lipinski definition) is 2. The van der Waals surface area contributed by atoms with E-state index in [1.165, 1.54) is 60.7 Å². The first-order valence-electron chi connectivity index (χ1n) is 21.2. The van der Waals surface area contributed by atoms with Crippen LogP contribution in [0.25, 0.3) is 88.0 Å². The molecule has 1 aromatic heterocycles. The van der Waals surface area contributed by atoms with E-state index in [1.54, 1.807) is 0 Å². The number of hydrogen-bond donors (Lipinski definition) is 0. The van der Waals surface area contributed by atoms with Crippen LogP contribution in [0.15, 0.2) is 217 Å². The Balaban J connectivity index is 1.09. The second kappa shape index (κ2) is 13.7. The molecule has 0 N–H and O–H groups in total. The minimum atomic E-state index is -0.156. The Morgan fingerprint density at radius 3 is 1.56 bits per heavy atom. The highest BCUT2D eigenvalue weighted by atomic mass is 16.3. The third-order valence-electron chi connectivity index (χ3n) is 13.1. The van der Waals surface area contributed by atoms with Gasteiger partial charge in [0.15, 0.2) is 0 Å². The topological polar surface area (TPSA) is 16.4 Å². The largest absolute Gasteiger partial charge is 0.455 e. The first-order valence-corrected chi connectivity index (χ1v) is 21.2. The first-order chi connectivity index (χ1) is 30.0. The van der Waals surface area contributed by atoms with E-state index in [-0.39, 0.29) is 5.41 Å². The number of nitrogens with zero attached hydrogens (tertiary/aromatic N) is 1. The Bertz CT molecular complexity index is 3470. The van der Waals surface area contributed by atoms with E-state index in [1.807, 2.05) is 0 Å². The van der Waals surface area contributed by atoms with Gasteiger partial charge in [0, 0.05) is 38.5 Å². The van der Waals surface area contributed by atoms with Gasteiger partial charge in [-0.05, 0) is 103 Å². The molecular formula is C59H41NO. The number of anilines is 3. The van der Waals surface area contributed by atoms with E-state index in [4.69, 9.17) is 4.42 Å². The predicted molar refractivity (Wildman–Crippen MR) is 257 cm³/mol. The molecule has 0 saturated heterocycles. The summed E-state index contributed by atoms with van der Waals surface area (Å²) in [7, 11) is 0. The van der Waals surface area contributed by atoms with Crippen LogP contribution < -0.4 is 4.90 Å². The summed E-state index contributed by atoms with van der Waals surface area (Å²) >= 11 is 0. The lowest BCUT2D eigenvalue weighted by Crippen LogP contribution is -2.17. The number of benzene rings is 10. The van der Waals surface area contributed by atoms with Crippen molar-refractivity contribution in [1.29, 1.82) is 0 Å². The normalized spacial score (nSPS) is 12.9. The van der Waals surface area contributed by atoms with Gasteiger partial charge in [0.2, 0.25) is 0 Å². The molecule has 10 aromatic carbocycles. The smallest absolute Gasteiger partial charge is 0.145 e. The van der Waals surface area contributed by atoms with E-state index < -0.39 is 0 Å². The molecule has 0 unspecified atom stereocenters. The zero-order valence-corrected chi connectivity index (χ0v) is 34.1. The second-order valence-electron chi connectivity index (χ2n) is 16.8. The maximum atomic E-state index is 7.26. The van der Waals surface area contributed by atoms with Crippen molar-refractivity contribution in [3.05, 3.63) is 223 Å². The molecule has 1 aliphatic carbocycles. The van der Waals surface area contributed by atoms with Gasteiger partial charge in [-0.3, -0.25) is 0 Å². The van der Waals surface area contributed by atoms with E-state index in [0.717, 1.165) is 55.5 Å². The van der Waals surface area contributed by atoms with Crippen LogP contribution in [0, 0.1) is 0 Å². The van der Waals surface area contributed by atoms with Crippen LogP contribution in [0.3, 0.4) is 0 Å². The van der Waals surface area contributed by atoms with E-state index in [2.05, 4.69) is 231 Å². The molecule has 0 fully saturated rings. The lowest BCUT2D eigenvalue weighted by atomic mass is 9.82. The summed E-state index contributed by atoms with van der Waals surface area (Å²) in [5, 5.41) is 7.02. The molecule has 2 nitrogen and oxygen atoms in total. The number of furan rings is 1. The van der Waals surface area contributed by atoms with Crippen LogP contribution in [0.5, 0.6) is 0 Å². The second-order valence-corrected chi connectivity index (χ2v) is 16.8. The minimum absolute atomic E-state index is 0.156. The monoisotopic (exact) mass is 779 g/mol. The van der Waals surface area contributed by atoms with Gasteiger partial charge in [-0.2, -0.15) is 0 Å².